The van der Waals surface area contributed by atoms with Gasteiger partial charge in [-0.25, -0.2) is 0 Å². The maximum atomic E-state index is 11.9. The zero-order chi connectivity index (χ0) is 12.4. The molecule has 88 valence electrons. The molecule has 2 aromatic heterocycles. The van der Waals surface area contributed by atoms with Crippen molar-refractivity contribution in [2.45, 2.75) is 13.0 Å². The first-order valence-electron chi connectivity index (χ1n) is 5.06. The predicted molar refractivity (Wildman–Crippen MR) is 69.0 cm³/mol. The first-order valence-corrected chi connectivity index (χ1v) is 5.88. The van der Waals surface area contributed by atoms with Crippen LogP contribution in [0.2, 0.25) is 0 Å². The van der Waals surface area contributed by atoms with Crippen LogP contribution in [0.15, 0.2) is 24.9 Å². The fourth-order valence-electron chi connectivity index (χ4n) is 1.37. The maximum Gasteiger partial charge on any atom is 0.264 e. The lowest BCUT2D eigenvalue weighted by molar-refractivity contribution is 0.0952. The third-order valence-corrected chi connectivity index (χ3v) is 3.44. The number of carbonyl (C=O) groups excluding carboxylic acids is 1. The molecule has 0 aromatic carbocycles. The number of hydrogen-bond donors (Lipinski definition) is 2. The molecular weight excluding hydrogens is 236 g/mol. The average molecular weight is 248 g/mol. The molecule has 6 heteroatoms. The van der Waals surface area contributed by atoms with Crippen molar-refractivity contribution in [1.29, 1.82) is 0 Å². The fraction of sp³-hybridized carbons (Fsp3) is 0.182. The molecule has 17 heavy (non-hydrogen) atoms. The zero-order valence-electron chi connectivity index (χ0n) is 9.30. The van der Waals surface area contributed by atoms with E-state index in [0.717, 1.165) is 5.39 Å². The Hall–Kier alpha value is -1.95. The highest BCUT2D eigenvalue weighted by atomic mass is 32.1. The van der Waals surface area contributed by atoms with Gasteiger partial charge < -0.3 is 11.1 Å². The molecule has 0 saturated heterocycles. The molecule has 1 atom stereocenters. The molecular formula is C11H12N4OS. The molecule has 0 spiro atoms. The Balaban J connectivity index is 2.39. The minimum atomic E-state index is -0.210. The van der Waals surface area contributed by atoms with Gasteiger partial charge in [-0.2, -0.15) is 5.10 Å². The monoisotopic (exact) mass is 248 g/mol. The minimum absolute atomic E-state index is 0.0989. The largest absolute Gasteiger partial charge is 0.397 e. The Morgan fingerprint density at radius 3 is 3.12 bits per heavy atom. The second-order valence-corrected chi connectivity index (χ2v) is 4.59. The van der Waals surface area contributed by atoms with E-state index in [4.69, 9.17) is 5.73 Å². The number of nitrogen functional groups attached to an aromatic ring is 1. The number of fused-ring (bicyclic) bond motifs is 1. The molecule has 0 saturated carbocycles. The summed E-state index contributed by atoms with van der Waals surface area (Å²) in [5, 5.41) is 11.2. The average Bonchev–Trinajstić information content (AvgIpc) is 2.67. The molecule has 1 amide bonds. The quantitative estimate of drug-likeness (QED) is 0.808. The molecule has 0 aliphatic heterocycles. The number of aromatic nitrogens is 2. The summed E-state index contributed by atoms with van der Waals surface area (Å²) in [7, 11) is 0. The van der Waals surface area contributed by atoms with Gasteiger partial charge in [-0.3, -0.25) is 4.79 Å². The van der Waals surface area contributed by atoms with Crippen LogP contribution in [0.5, 0.6) is 0 Å². The van der Waals surface area contributed by atoms with Crippen LogP contribution in [0.4, 0.5) is 5.69 Å². The van der Waals surface area contributed by atoms with E-state index in [1.807, 2.05) is 6.92 Å². The van der Waals surface area contributed by atoms with Gasteiger partial charge in [-0.15, -0.1) is 23.0 Å². The second-order valence-electron chi connectivity index (χ2n) is 3.59. The smallest absolute Gasteiger partial charge is 0.264 e. The van der Waals surface area contributed by atoms with Gasteiger partial charge in [0.15, 0.2) is 0 Å². The number of nitrogens with two attached hydrogens (primary N) is 1. The van der Waals surface area contributed by atoms with E-state index in [2.05, 4.69) is 22.1 Å². The van der Waals surface area contributed by atoms with E-state index in [0.29, 0.717) is 15.4 Å². The molecule has 2 aromatic rings. The number of nitrogens with zero attached hydrogens (tertiary/aromatic N) is 2. The van der Waals surface area contributed by atoms with Crippen LogP contribution in [0.25, 0.3) is 10.2 Å². The molecule has 0 radical (unpaired) electrons. The number of nitrogens with one attached hydrogen (secondary N) is 1. The van der Waals surface area contributed by atoms with Crippen molar-refractivity contribution in [3.8, 4) is 0 Å². The van der Waals surface area contributed by atoms with Gasteiger partial charge in [0.05, 0.1) is 11.9 Å². The second kappa shape index (κ2) is 4.50. The molecule has 0 bridgehead atoms. The standard InChI is InChI=1S/C11H12N4OS/c1-3-6(2)14-10(16)9-8(12)7-4-5-13-15-11(7)17-9/h3-6H,1,12H2,2H3,(H,14,16). The van der Waals surface area contributed by atoms with Gasteiger partial charge in [0.25, 0.3) is 5.91 Å². The highest BCUT2D eigenvalue weighted by Crippen LogP contribution is 2.31. The Morgan fingerprint density at radius 2 is 2.47 bits per heavy atom. The van der Waals surface area contributed by atoms with E-state index >= 15 is 0 Å². The summed E-state index contributed by atoms with van der Waals surface area (Å²) in [6.07, 6.45) is 3.21. The maximum absolute atomic E-state index is 11.9. The zero-order valence-corrected chi connectivity index (χ0v) is 10.1. The Kier molecular flexibility index (Phi) is 3.06. The van der Waals surface area contributed by atoms with Crippen LogP contribution in [0.1, 0.15) is 16.6 Å². The van der Waals surface area contributed by atoms with Gasteiger partial charge in [0, 0.05) is 11.4 Å². The normalized spacial score (nSPS) is 12.3. The Bertz CT molecular complexity index is 578. The van der Waals surface area contributed by atoms with Crippen molar-refractivity contribution in [2.75, 3.05) is 5.73 Å². The van der Waals surface area contributed by atoms with Crippen molar-refractivity contribution >= 4 is 33.1 Å². The molecule has 0 fully saturated rings. The third-order valence-electron chi connectivity index (χ3n) is 2.34. The molecule has 5 nitrogen and oxygen atoms in total. The first-order chi connectivity index (χ1) is 8.13. The highest BCUT2D eigenvalue weighted by molar-refractivity contribution is 7.21. The summed E-state index contributed by atoms with van der Waals surface area (Å²) < 4.78 is 0. The van der Waals surface area contributed by atoms with Gasteiger partial charge in [0.1, 0.15) is 9.71 Å². The van der Waals surface area contributed by atoms with E-state index in [9.17, 15) is 4.79 Å². The SMILES string of the molecule is C=CC(C)NC(=O)c1sc2nnccc2c1N. The summed E-state index contributed by atoms with van der Waals surface area (Å²) in [6.45, 7) is 5.45. The summed E-state index contributed by atoms with van der Waals surface area (Å²) in [5.74, 6) is -0.210. The van der Waals surface area contributed by atoms with Crippen molar-refractivity contribution in [3.63, 3.8) is 0 Å². The van der Waals surface area contributed by atoms with Crippen LogP contribution >= 0.6 is 11.3 Å². The molecule has 3 N–H and O–H groups in total. The van der Waals surface area contributed by atoms with E-state index < -0.39 is 0 Å². The lowest BCUT2D eigenvalue weighted by Crippen LogP contribution is -2.30. The van der Waals surface area contributed by atoms with Crippen molar-refractivity contribution < 1.29 is 4.79 Å². The van der Waals surface area contributed by atoms with E-state index in [1.165, 1.54) is 11.3 Å². The molecule has 2 heterocycles. The van der Waals surface area contributed by atoms with Crippen molar-refractivity contribution in [2.24, 2.45) is 0 Å². The molecule has 1 unspecified atom stereocenters. The number of thiophene rings is 1. The van der Waals surface area contributed by atoms with Crippen molar-refractivity contribution in [1.82, 2.24) is 15.5 Å². The lowest BCUT2D eigenvalue weighted by atomic mass is 10.2. The van der Waals surface area contributed by atoms with Gasteiger partial charge in [0.2, 0.25) is 0 Å². The summed E-state index contributed by atoms with van der Waals surface area (Å²) in [5.41, 5.74) is 6.37. The number of carbonyl (C=O) groups is 1. The molecule has 0 aliphatic carbocycles. The summed E-state index contributed by atoms with van der Waals surface area (Å²) in [6, 6.07) is 1.65. The Morgan fingerprint density at radius 1 is 1.71 bits per heavy atom. The first kappa shape index (κ1) is 11.5. The Labute approximate surface area is 102 Å². The van der Waals surface area contributed by atoms with Crippen LogP contribution in [0, 0.1) is 0 Å². The van der Waals surface area contributed by atoms with E-state index in [1.54, 1.807) is 18.3 Å². The highest BCUT2D eigenvalue weighted by Gasteiger charge is 2.17. The fourth-order valence-corrected chi connectivity index (χ4v) is 2.31. The number of rotatable bonds is 3. The number of hydrogen-bond acceptors (Lipinski definition) is 5. The van der Waals surface area contributed by atoms with Crippen LogP contribution < -0.4 is 11.1 Å². The van der Waals surface area contributed by atoms with Gasteiger partial charge in [-0.05, 0) is 13.0 Å². The molecule has 0 aliphatic rings. The van der Waals surface area contributed by atoms with Crippen LogP contribution in [0.3, 0.4) is 0 Å². The summed E-state index contributed by atoms with van der Waals surface area (Å²) >= 11 is 1.24. The number of amides is 1. The third kappa shape index (κ3) is 2.12. The molecule has 2 rings (SSSR count). The van der Waals surface area contributed by atoms with Gasteiger partial charge in [-0.1, -0.05) is 6.08 Å². The predicted octanol–water partition coefficient (Wildman–Crippen LogP) is 1.58. The summed E-state index contributed by atoms with van der Waals surface area (Å²) in [4.78, 5) is 13.1. The lowest BCUT2D eigenvalue weighted by Gasteiger charge is -2.07. The topological polar surface area (TPSA) is 80.9 Å². The van der Waals surface area contributed by atoms with Crippen LogP contribution in [-0.4, -0.2) is 22.1 Å². The minimum Gasteiger partial charge on any atom is -0.397 e. The van der Waals surface area contributed by atoms with Crippen LogP contribution in [-0.2, 0) is 0 Å². The van der Waals surface area contributed by atoms with E-state index in [-0.39, 0.29) is 11.9 Å². The van der Waals surface area contributed by atoms with Crippen molar-refractivity contribution in [3.05, 3.63) is 29.8 Å². The number of anilines is 1. The van der Waals surface area contributed by atoms with Gasteiger partial charge >= 0.3 is 0 Å².